The van der Waals surface area contributed by atoms with Crippen LogP contribution in [-0.4, -0.2) is 24.9 Å². The van der Waals surface area contributed by atoms with Crippen molar-refractivity contribution >= 4 is 0 Å². The highest BCUT2D eigenvalue weighted by molar-refractivity contribution is 5.30. The molecule has 1 aromatic rings. The number of hydrogen-bond acceptors (Lipinski definition) is 3. The Balaban J connectivity index is 2.63. The molecule has 0 radical (unpaired) electrons. The van der Waals surface area contributed by atoms with Crippen LogP contribution in [0.4, 0.5) is 4.39 Å². The van der Waals surface area contributed by atoms with Gasteiger partial charge in [0.05, 0.1) is 13.2 Å². The second kappa shape index (κ2) is 6.57. The molecule has 0 unspecified atom stereocenters. The summed E-state index contributed by atoms with van der Waals surface area (Å²) in [5.41, 5.74) is 0.839. The Hall–Kier alpha value is -1.13. The monoisotopic (exact) mass is 241 g/mol. The molecule has 0 aliphatic rings. The van der Waals surface area contributed by atoms with Crippen molar-refractivity contribution in [2.45, 2.75) is 32.4 Å². The molecule has 1 rings (SSSR count). The summed E-state index contributed by atoms with van der Waals surface area (Å²) in [4.78, 5) is 0. The van der Waals surface area contributed by atoms with Gasteiger partial charge in [-0.1, -0.05) is 13.0 Å². The maximum Gasteiger partial charge on any atom is 0.165 e. The van der Waals surface area contributed by atoms with E-state index in [4.69, 9.17) is 4.74 Å². The fourth-order valence-electron chi connectivity index (χ4n) is 1.53. The van der Waals surface area contributed by atoms with Gasteiger partial charge in [0.15, 0.2) is 11.6 Å². The predicted octanol–water partition coefficient (Wildman–Crippen LogP) is 2.26. The Morgan fingerprint density at radius 2 is 2.18 bits per heavy atom. The van der Waals surface area contributed by atoms with Gasteiger partial charge in [0.25, 0.3) is 0 Å². The zero-order valence-electron chi connectivity index (χ0n) is 10.5. The first kappa shape index (κ1) is 13.9. The van der Waals surface area contributed by atoms with E-state index < -0.39 is 0 Å². The molecule has 2 atom stereocenters. The zero-order valence-corrected chi connectivity index (χ0v) is 10.5. The van der Waals surface area contributed by atoms with Crippen molar-refractivity contribution in [1.82, 2.24) is 5.32 Å². The van der Waals surface area contributed by atoms with Crippen molar-refractivity contribution in [3.05, 3.63) is 29.6 Å². The second-order valence-corrected chi connectivity index (χ2v) is 4.09. The van der Waals surface area contributed by atoms with Gasteiger partial charge in [0, 0.05) is 12.6 Å². The lowest BCUT2D eigenvalue weighted by molar-refractivity contribution is 0.163. The van der Waals surface area contributed by atoms with E-state index in [1.54, 1.807) is 6.07 Å². The first-order valence-electron chi connectivity index (χ1n) is 5.83. The van der Waals surface area contributed by atoms with Crippen molar-refractivity contribution in [3.63, 3.8) is 0 Å². The van der Waals surface area contributed by atoms with Gasteiger partial charge >= 0.3 is 0 Å². The van der Waals surface area contributed by atoms with Crippen LogP contribution in [-0.2, 0) is 0 Å². The molecule has 17 heavy (non-hydrogen) atoms. The summed E-state index contributed by atoms with van der Waals surface area (Å²) < 4.78 is 18.3. The normalized spacial score (nSPS) is 14.4. The number of rotatable bonds is 6. The Kier molecular flexibility index (Phi) is 5.38. The summed E-state index contributed by atoms with van der Waals surface area (Å²) in [6.45, 7) is 4.36. The molecule has 0 fully saturated rings. The Morgan fingerprint density at radius 3 is 2.71 bits per heavy atom. The van der Waals surface area contributed by atoms with Gasteiger partial charge in [-0.15, -0.1) is 0 Å². The van der Waals surface area contributed by atoms with E-state index in [1.165, 1.54) is 13.2 Å². The van der Waals surface area contributed by atoms with E-state index in [1.807, 2.05) is 19.9 Å². The molecule has 0 aromatic heterocycles. The van der Waals surface area contributed by atoms with Gasteiger partial charge in [-0.25, -0.2) is 4.39 Å². The highest BCUT2D eigenvalue weighted by atomic mass is 19.1. The number of nitrogens with one attached hydrogen (secondary N) is 1. The summed E-state index contributed by atoms with van der Waals surface area (Å²) in [5, 5.41) is 12.6. The molecule has 0 aliphatic carbocycles. The molecular formula is C13H20FNO2. The van der Waals surface area contributed by atoms with Gasteiger partial charge in [-0.3, -0.25) is 0 Å². The molecule has 0 spiro atoms. The summed E-state index contributed by atoms with van der Waals surface area (Å²) in [6.07, 6.45) is 0.344. The SMILES string of the molecule is CC[C@H](O)CN[C@@H](C)c1ccc(OC)c(F)c1. The fourth-order valence-corrected chi connectivity index (χ4v) is 1.53. The number of halogens is 1. The molecule has 4 heteroatoms. The Morgan fingerprint density at radius 1 is 1.47 bits per heavy atom. The van der Waals surface area contributed by atoms with Crippen LogP contribution in [0.25, 0.3) is 0 Å². The first-order valence-corrected chi connectivity index (χ1v) is 5.83. The van der Waals surface area contributed by atoms with Crippen molar-refractivity contribution in [2.75, 3.05) is 13.7 Å². The molecule has 0 aliphatic heterocycles. The van der Waals surface area contributed by atoms with E-state index in [0.29, 0.717) is 13.0 Å². The van der Waals surface area contributed by atoms with E-state index in [9.17, 15) is 9.50 Å². The number of aliphatic hydroxyl groups is 1. The lowest BCUT2D eigenvalue weighted by atomic mass is 10.1. The molecule has 2 N–H and O–H groups in total. The number of methoxy groups -OCH3 is 1. The van der Waals surface area contributed by atoms with Crippen molar-refractivity contribution in [1.29, 1.82) is 0 Å². The summed E-state index contributed by atoms with van der Waals surface area (Å²) in [7, 11) is 1.44. The average molecular weight is 241 g/mol. The first-order chi connectivity index (χ1) is 8.08. The molecule has 1 aromatic carbocycles. The molecule has 3 nitrogen and oxygen atoms in total. The maximum atomic E-state index is 13.5. The van der Waals surface area contributed by atoms with Gasteiger partial charge in [0.2, 0.25) is 0 Å². The van der Waals surface area contributed by atoms with Gasteiger partial charge in [0.1, 0.15) is 0 Å². The second-order valence-electron chi connectivity index (χ2n) is 4.09. The van der Waals surface area contributed by atoms with E-state index >= 15 is 0 Å². The van der Waals surface area contributed by atoms with Crippen LogP contribution in [0.3, 0.4) is 0 Å². The van der Waals surface area contributed by atoms with Crippen molar-refractivity contribution < 1.29 is 14.2 Å². The topological polar surface area (TPSA) is 41.5 Å². The minimum absolute atomic E-state index is 0.00314. The smallest absolute Gasteiger partial charge is 0.165 e. The average Bonchev–Trinajstić information content (AvgIpc) is 2.35. The zero-order chi connectivity index (χ0) is 12.8. The van der Waals surface area contributed by atoms with Gasteiger partial charge in [-0.05, 0) is 31.0 Å². The largest absolute Gasteiger partial charge is 0.494 e. The Bertz CT molecular complexity index is 357. The number of ether oxygens (including phenoxy) is 1. The predicted molar refractivity (Wildman–Crippen MR) is 65.7 cm³/mol. The number of hydrogen-bond donors (Lipinski definition) is 2. The van der Waals surface area contributed by atoms with Crippen LogP contribution in [0, 0.1) is 5.82 Å². The maximum absolute atomic E-state index is 13.5. The van der Waals surface area contributed by atoms with Crippen LogP contribution >= 0.6 is 0 Å². The molecule has 96 valence electrons. The van der Waals surface area contributed by atoms with E-state index in [2.05, 4.69) is 5.32 Å². The molecule has 0 saturated heterocycles. The summed E-state index contributed by atoms with van der Waals surface area (Å²) in [5.74, 6) is -0.121. The molecule has 0 bridgehead atoms. The highest BCUT2D eigenvalue weighted by Gasteiger charge is 2.10. The van der Waals surface area contributed by atoms with E-state index in [0.717, 1.165) is 5.56 Å². The fraction of sp³-hybridized carbons (Fsp3) is 0.538. The van der Waals surface area contributed by atoms with Crippen molar-refractivity contribution in [2.24, 2.45) is 0 Å². The molecule has 0 heterocycles. The third kappa shape index (κ3) is 3.98. The summed E-state index contributed by atoms with van der Waals surface area (Å²) in [6, 6.07) is 4.88. The lowest BCUT2D eigenvalue weighted by Gasteiger charge is -2.17. The minimum atomic E-state index is -0.366. The van der Waals surface area contributed by atoms with Crippen LogP contribution in [0.1, 0.15) is 31.9 Å². The van der Waals surface area contributed by atoms with Gasteiger partial charge in [-0.2, -0.15) is 0 Å². The standard InChI is InChI=1S/C13H20FNO2/c1-4-11(16)8-15-9(2)10-5-6-13(17-3)12(14)7-10/h5-7,9,11,15-16H,4,8H2,1-3H3/t9-,11-/m0/s1. The lowest BCUT2D eigenvalue weighted by Crippen LogP contribution is -2.28. The van der Waals surface area contributed by atoms with Crippen LogP contribution in [0.15, 0.2) is 18.2 Å². The summed E-state index contributed by atoms with van der Waals surface area (Å²) >= 11 is 0. The Labute approximate surface area is 102 Å². The minimum Gasteiger partial charge on any atom is -0.494 e. The highest BCUT2D eigenvalue weighted by Crippen LogP contribution is 2.21. The van der Waals surface area contributed by atoms with Gasteiger partial charge < -0.3 is 15.2 Å². The molecule has 0 amide bonds. The third-order valence-electron chi connectivity index (χ3n) is 2.81. The van der Waals surface area contributed by atoms with Crippen LogP contribution in [0.5, 0.6) is 5.75 Å². The quantitative estimate of drug-likeness (QED) is 0.802. The van der Waals surface area contributed by atoms with Crippen LogP contribution < -0.4 is 10.1 Å². The molecular weight excluding hydrogens is 221 g/mol. The number of benzene rings is 1. The van der Waals surface area contributed by atoms with E-state index in [-0.39, 0.29) is 23.7 Å². The number of aliphatic hydroxyl groups excluding tert-OH is 1. The third-order valence-corrected chi connectivity index (χ3v) is 2.81. The van der Waals surface area contributed by atoms with Crippen LogP contribution in [0.2, 0.25) is 0 Å². The van der Waals surface area contributed by atoms with Crippen molar-refractivity contribution in [3.8, 4) is 5.75 Å². The molecule has 0 saturated carbocycles.